The van der Waals surface area contributed by atoms with Crippen LogP contribution in [-0.4, -0.2) is 17.4 Å². The summed E-state index contributed by atoms with van der Waals surface area (Å²) >= 11 is 1.91. The van der Waals surface area contributed by atoms with E-state index in [0.29, 0.717) is 0 Å². The summed E-state index contributed by atoms with van der Waals surface area (Å²) in [4.78, 5) is 0. The van der Waals surface area contributed by atoms with E-state index in [-0.39, 0.29) is 17.0 Å². The predicted molar refractivity (Wildman–Crippen MR) is 88.7 cm³/mol. The van der Waals surface area contributed by atoms with Crippen LogP contribution in [0.15, 0.2) is 66.0 Å². The highest BCUT2D eigenvalue weighted by atomic mass is 79.9. The Morgan fingerprint density at radius 2 is 1.78 bits per heavy atom. The van der Waals surface area contributed by atoms with Crippen molar-refractivity contribution < 1.29 is 26.3 Å². The number of hydrogen-bond acceptors (Lipinski definition) is 2. The lowest BCUT2D eigenvalue weighted by Gasteiger charge is -2.05. The summed E-state index contributed by atoms with van der Waals surface area (Å²) in [7, 11) is 1.70. The molecule has 0 bridgehead atoms. The summed E-state index contributed by atoms with van der Waals surface area (Å²) in [6, 6.07) is 18.8. The van der Waals surface area contributed by atoms with Gasteiger partial charge in [0.15, 0.2) is 5.69 Å². The molecule has 5 heteroatoms. The van der Waals surface area contributed by atoms with Crippen LogP contribution in [0, 0.1) is 0 Å². The fraction of sp³-hybridized carbons (Fsp3) is 0.167. The monoisotopic (exact) mass is 388 g/mol. The van der Waals surface area contributed by atoms with Crippen LogP contribution in [0.2, 0.25) is 0 Å². The zero-order valence-electron chi connectivity index (χ0n) is 12.8. The van der Waals surface area contributed by atoms with Crippen molar-refractivity contribution in [2.75, 3.05) is 12.9 Å². The number of fused-ring (bicyclic) bond motifs is 1. The standard InChI is InChI=1S/C18H17N2OS.BrH/c1-21-16-9-7-15(8-10-16)20-17(14-5-3-2-4-6-14)13-19-11-12-22-18(19)20;/h2-10,13H,11-12H2,1H3;1H/q+1;/p-1. The van der Waals surface area contributed by atoms with Crippen molar-refractivity contribution >= 4 is 11.8 Å². The Bertz CT molecular complexity index is 800. The molecule has 0 fully saturated rings. The minimum absolute atomic E-state index is 0. The van der Waals surface area contributed by atoms with Crippen molar-refractivity contribution in [3.05, 3.63) is 60.8 Å². The molecule has 118 valence electrons. The lowest BCUT2D eigenvalue weighted by molar-refractivity contribution is -0.723. The Morgan fingerprint density at radius 1 is 1.04 bits per heavy atom. The average molecular weight is 389 g/mol. The number of aryl methyl sites for hydroxylation is 1. The van der Waals surface area contributed by atoms with Gasteiger partial charge in [-0.05, 0) is 36.0 Å². The first-order valence-corrected chi connectivity index (χ1v) is 8.33. The van der Waals surface area contributed by atoms with Gasteiger partial charge in [0.2, 0.25) is 0 Å². The summed E-state index contributed by atoms with van der Waals surface area (Å²) in [5, 5.41) is 1.30. The Balaban J connectivity index is 0.00000156. The molecule has 0 unspecified atom stereocenters. The lowest BCUT2D eigenvalue weighted by atomic mass is 10.1. The summed E-state index contributed by atoms with van der Waals surface area (Å²) in [6.07, 6.45) is 2.26. The van der Waals surface area contributed by atoms with Crippen LogP contribution in [0.5, 0.6) is 5.75 Å². The number of benzene rings is 2. The van der Waals surface area contributed by atoms with Crippen molar-refractivity contribution in [2.24, 2.45) is 0 Å². The van der Waals surface area contributed by atoms with Crippen molar-refractivity contribution in [1.82, 2.24) is 4.57 Å². The largest absolute Gasteiger partial charge is 1.00 e. The highest BCUT2D eigenvalue weighted by molar-refractivity contribution is 7.99. The van der Waals surface area contributed by atoms with E-state index in [1.165, 1.54) is 22.1 Å². The van der Waals surface area contributed by atoms with Gasteiger partial charge in [0, 0.05) is 11.3 Å². The second kappa shape index (κ2) is 6.81. The predicted octanol–water partition coefficient (Wildman–Crippen LogP) is 0.550. The van der Waals surface area contributed by atoms with Crippen LogP contribution >= 0.6 is 11.8 Å². The second-order valence-corrected chi connectivity index (χ2v) is 6.30. The number of thioether (sulfide) groups is 1. The molecule has 1 aliphatic rings. The number of imidazole rings is 1. The molecular formula is C18H17BrN2OS. The molecule has 0 saturated heterocycles. The number of aromatic nitrogens is 2. The maximum absolute atomic E-state index is 5.27. The van der Waals surface area contributed by atoms with Crippen LogP contribution in [-0.2, 0) is 6.54 Å². The van der Waals surface area contributed by atoms with Crippen LogP contribution in [0.1, 0.15) is 0 Å². The molecular weight excluding hydrogens is 372 g/mol. The third-order valence-electron chi connectivity index (χ3n) is 3.92. The SMILES string of the molecule is COc1ccc(-n2c(-c3ccccc3)c[n+]3c2SCC3)cc1.[Br-]. The van der Waals surface area contributed by atoms with Gasteiger partial charge in [-0.1, -0.05) is 30.3 Å². The van der Waals surface area contributed by atoms with E-state index >= 15 is 0 Å². The first-order valence-electron chi connectivity index (χ1n) is 7.34. The zero-order valence-corrected chi connectivity index (χ0v) is 15.2. The van der Waals surface area contributed by atoms with Crippen LogP contribution in [0.3, 0.4) is 0 Å². The molecule has 0 spiro atoms. The minimum atomic E-state index is 0. The average Bonchev–Trinajstić information content (AvgIpc) is 3.16. The fourth-order valence-electron chi connectivity index (χ4n) is 2.83. The topological polar surface area (TPSA) is 18.0 Å². The number of nitrogens with zero attached hydrogens (tertiary/aromatic N) is 2. The molecule has 2 aromatic carbocycles. The molecule has 0 aliphatic carbocycles. The van der Waals surface area contributed by atoms with Gasteiger partial charge in [-0.3, -0.25) is 0 Å². The number of ether oxygens (including phenoxy) is 1. The Labute approximate surface area is 150 Å². The van der Waals surface area contributed by atoms with E-state index in [9.17, 15) is 0 Å². The Kier molecular flexibility index (Phi) is 4.78. The number of hydrogen-bond donors (Lipinski definition) is 0. The molecule has 23 heavy (non-hydrogen) atoms. The highest BCUT2D eigenvalue weighted by Gasteiger charge is 2.30. The van der Waals surface area contributed by atoms with Gasteiger partial charge in [0.05, 0.1) is 7.11 Å². The van der Waals surface area contributed by atoms with Crippen molar-refractivity contribution in [2.45, 2.75) is 11.7 Å². The molecule has 0 radical (unpaired) electrons. The van der Waals surface area contributed by atoms with Crippen LogP contribution in [0.25, 0.3) is 16.9 Å². The smallest absolute Gasteiger partial charge is 0.323 e. The molecule has 0 amide bonds. The molecule has 1 aliphatic heterocycles. The number of rotatable bonds is 3. The van der Waals surface area contributed by atoms with E-state index in [1.807, 2.05) is 23.9 Å². The maximum atomic E-state index is 5.27. The van der Waals surface area contributed by atoms with Gasteiger partial charge in [0.1, 0.15) is 24.2 Å². The van der Waals surface area contributed by atoms with E-state index in [1.54, 1.807) is 7.11 Å². The first kappa shape index (κ1) is 16.1. The van der Waals surface area contributed by atoms with E-state index < -0.39 is 0 Å². The summed E-state index contributed by atoms with van der Waals surface area (Å²) in [5.41, 5.74) is 3.64. The highest BCUT2D eigenvalue weighted by Crippen LogP contribution is 2.31. The van der Waals surface area contributed by atoms with E-state index in [2.05, 4.69) is 57.8 Å². The van der Waals surface area contributed by atoms with Crippen molar-refractivity contribution in [1.29, 1.82) is 0 Å². The van der Waals surface area contributed by atoms with Crippen molar-refractivity contribution in [3.63, 3.8) is 0 Å². The molecule has 0 atom stereocenters. The molecule has 1 aromatic heterocycles. The third-order valence-corrected chi connectivity index (χ3v) is 4.98. The number of halogens is 1. The fourth-order valence-corrected chi connectivity index (χ4v) is 3.94. The quantitative estimate of drug-likeness (QED) is 0.610. The lowest BCUT2D eigenvalue weighted by Crippen LogP contribution is -3.00. The molecule has 3 aromatic rings. The van der Waals surface area contributed by atoms with Gasteiger partial charge in [0.25, 0.3) is 0 Å². The maximum Gasteiger partial charge on any atom is 0.323 e. The van der Waals surface area contributed by atoms with Gasteiger partial charge in [-0.25, -0.2) is 4.57 Å². The summed E-state index contributed by atoms with van der Waals surface area (Å²) in [5.74, 6) is 2.02. The summed E-state index contributed by atoms with van der Waals surface area (Å²) in [6.45, 7) is 1.07. The molecule has 2 heterocycles. The molecule has 4 rings (SSSR count). The van der Waals surface area contributed by atoms with Gasteiger partial charge in [-0.2, -0.15) is 4.57 Å². The molecule has 0 N–H and O–H groups in total. The van der Waals surface area contributed by atoms with Gasteiger partial charge in [-0.15, -0.1) is 0 Å². The van der Waals surface area contributed by atoms with Crippen LogP contribution in [0.4, 0.5) is 0 Å². The minimum Gasteiger partial charge on any atom is -1.00 e. The zero-order chi connectivity index (χ0) is 14.9. The normalized spacial score (nSPS) is 12.6. The molecule has 0 saturated carbocycles. The first-order chi connectivity index (χ1) is 10.9. The molecule has 3 nitrogen and oxygen atoms in total. The summed E-state index contributed by atoms with van der Waals surface area (Å²) < 4.78 is 9.96. The number of methoxy groups -OCH3 is 1. The Morgan fingerprint density at radius 3 is 2.48 bits per heavy atom. The third kappa shape index (κ3) is 2.91. The van der Waals surface area contributed by atoms with Crippen LogP contribution < -0.4 is 26.3 Å². The second-order valence-electron chi connectivity index (χ2n) is 5.24. The van der Waals surface area contributed by atoms with Gasteiger partial charge < -0.3 is 21.7 Å². The van der Waals surface area contributed by atoms with Crippen molar-refractivity contribution in [3.8, 4) is 22.7 Å². The Hall–Kier alpha value is -1.72. The van der Waals surface area contributed by atoms with Gasteiger partial charge >= 0.3 is 5.16 Å². The van der Waals surface area contributed by atoms with E-state index in [0.717, 1.165) is 18.0 Å². The van der Waals surface area contributed by atoms with E-state index in [4.69, 9.17) is 4.74 Å².